The van der Waals surface area contributed by atoms with Crippen LogP contribution in [0, 0.1) is 11.3 Å². The fourth-order valence-electron chi connectivity index (χ4n) is 3.05. The molecule has 0 unspecified atom stereocenters. The van der Waals surface area contributed by atoms with Gasteiger partial charge in [0, 0.05) is 0 Å². The van der Waals surface area contributed by atoms with Gasteiger partial charge in [0.25, 0.3) is 0 Å². The summed E-state index contributed by atoms with van der Waals surface area (Å²) in [7, 11) is 0. The first-order chi connectivity index (χ1) is 6.68. The van der Waals surface area contributed by atoms with Gasteiger partial charge in [-0.3, -0.25) is 0 Å². The molecule has 0 atom stereocenters. The monoisotopic (exact) mass is 196 g/mol. The Morgan fingerprint density at radius 3 is 2.14 bits per heavy atom. The van der Waals surface area contributed by atoms with Crippen molar-refractivity contribution in [1.29, 1.82) is 0 Å². The summed E-state index contributed by atoms with van der Waals surface area (Å²) in [6, 6.07) is 0. The third-order valence-corrected chi connectivity index (χ3v) is 3.95. The van der Waals surface area contributed by atoms with Gasteiger partial charge in [-0.25, -0.2) is 0 Å². The van der Waals surface area contributed by atoms with E-state index in [-0.39, 0.29) is 0 Å². The van der Waals surface area contributed by atoms with E-state index in [2.05, 4.69) is 20.8 Å². The Hall–Kier alpha value is 0. The lowest BCUT2D eigenvalue weighted by Crippen LogP contribution is -2.24. The van der Waals surface area contributed by atoms with Crippen molar-refractivity contribution in [1.82, 2.24) is 0 Å². The summed E-state index contributed by atoms with van der Waals surface area (Å²) in [5, 5.41) is 0. The molecular weight excluding hydrogens is 168 g/mol. The van der Waals surface area contributed by atoms with Crippen LogP contribution in [0.25, 0.3) is 0 Å². The molecule has 1 saturated carbocycles. The Bertz CT molecular complexity index is 135. The minimum absolute atomic E-state index is 0.761. The molecule has 14 heavy (non-hydrogen) atoms. The summed E-state index contributed by atoms with van der Waals surface area (Å²) < 4.78 is 0. The maximum atomic E-state index is 2.36. The van der Waals surface area contributed by atoms with E-state index in [0.717, 1.165) is 11.3 Å². The summed E-state index contributed by atoms with van der Waals surface area (Å²) >= 11 is 0. The fourth-order valence-corrected chi connectivity index (χ4v) is 3.05. The normalized spacial score (nSPS) is 21.4. The van der Waals surface area contributed by atoms with Gasteiger partial charge in [-0.15, -0.1) is 0 Å². The van der Waals surface area contributed by atoms with E-state index in [0.29, 0.717) is 0 Å². The Morgan fingerprint density at radius 1 is 1.00 bits per heavy atom. The van der Waals surface area contributed by atoms with E-state index in [1.807, 2.05) is 0 Å². The molecule has 84 valence electrons. The van der Waals surface area contributed by atoms with Crippen molar-refractivity contribution < 1.29 is 0 Å². The average molecular weight is 196 g/mol. The quantitative estimate of drug-likeness (QED) is 0.569. The minimum atomic E-state index is 0.761. The van der Waals surface area contributed by atoms with Crippen LogP contribution in [0.1, 0.15) is 78.6 Å². The van der Waals surface area contributed by atoms with Crippen LogP contribution >= 0.6 is 0 Å². The van der Waals surface area contributed by atoms with Crippen LogP contribution < -0.4 is 0 Å². The molecule has 0 N–H and O–H groups in total. The molecule has 0 spiro atoms. The zero-order chi connectivity index (χ0) is 10.4. The van der Waals surface area contributed by atoms with Gasteiger partial charge in [0.1, 0.15) is 0 Å². The van der Waals surface area contributed by atoms with Crippen LogP contribution in [-0.2, 0) is 0 Å². The van der Waals surface area contributed by atoms with Gasteiger partial charge in [-0.05, 0) is 37.0 Å². The summed E-state index contributed by atoms with van der Waals surface area (Å²) in [6.07, 6.45) is 13.3. The van der Waals surface area contributed by atoms with Crippen molar-refractivity contribution in [2.75, 3.05) is 0 Å². The second-order valence-electron chi connectivity index (χ2n) is 5.74. The van der Waals surface area contributed by atoms with Crippen LogP contribution in [-0.4, -0.2) is 0 Å². The summed E-state index contributed by atoms with van der Waals surface area (Å²) in [6.45, 7) is 7.08. The average Bonchev–Trinajstić information content (AvgIpc) is 2.17. The molecule has 1 aliphatic carbocycles. The first kappa shape index (κ1) is 12.1. The largest absolute Gasteiger partial charge is 0.0654 e. The fraction of sp³-hybridized carbons (Fsp3) is 1.00. The van der Waals surface area contributed by atoms with Crippen molar-refractivity contribution in [3.05, 3.63) is 0 Å². The van der Waals surface area contributed by atoms with Gasteiger partial charge >= 0.3 is 0 Å². The lowest BCUT2D eigenvalue weighted by molar-refractivity contribution is 0.145. The molecule has 0 heteroatoms. The highest BCUT2D eigenvalue weighted by Crippen LogP contribution is 2.44. The number of rotatable bonds is 5. The summed E-state index contributed by atoms with van der Waals surface area (Å²) in [5.41, 5.74) is 0.761. The first-order valence-electron chi connectivity index (χ1n) is 6.68. The molecule has 0 aromatic carbocycles. The van der Waals surface area contributed by atoms with Crippen LogP contribution in [0.3, 0.4) is 0 Å². The topological polar surface area (TPSA) is 0 Å². The van der Waals surface area contributed by atoms with Crippen molar-refractivity contribution in [2.45, 2.75) is 78.6 Å². The molecule has 1 fully saturated rings. The Kier molecular flexibility index (Phi) is 4.98. The molecule has 0 aromatic rings. The maximum Gasteiger partial charge on any atom is -0.0297 e. The third kappa shape index (κ3) is 3.63. The third-order valence-electron chi connectivity index (χ3n) is 3.95. The van der Waals surface area contributed by atoms with Crippen LogP contribution in [0.5, 0.6) is 0 Å². The second-order valence-corrected chi connectivity index (χ2v) is 5.74. The molecule has 0 aromatic heterocycles. The lowest BCUT2D eigenvalue weighted by Gasteiger charge is -2.38. The molecule has 0 nitrogen and oxygen atoms in total. The molecule has 1 aliphatic rings. The highest BCUT2D eigenvalue weighted by molar-refractivity contribution is 4.82. The van der Waals surface area contributed by atoms with Gasteiger partial charge in [-0.2, -0.15) is 0 Å². The molecule has 0 bridgehead atoms. The molecule has 0 amide bonds. The number of hydrogen-bond donors (Lipinski definition) is 0. The predicted molar refractivity (Wildman–Crippen MR) is 64.5 cm³/mol. The predicted octanol–water partition coefficient (Wildman–Crippen LogP) is 5.17. The number of hydrogen-bond acceptors (Lipinski definition) is 0. The highest BCUT2D eigenvalue weighted by atomic mass is 14.4. The van der Waals surface area contributed by atoms with Gasteiger partial charge in [0.15, 0.2) is 0 Å². The van der Waals surface area contributed by atoms with Gasteiger partial charge in [-0.1, -0.05) is 52.9 Å². The lowest BCUT2D eigenvalue weighted by atomic mass is 9.68. The maximum absolute atomic E-state index is 2.36. The standard InChI is InChI=1S/C14H28/c1-4-9-14(12-8-13(2)3)10-6-5-7-11-14/h13H,4-12H2,1-3H3. The van der Waals surface area contributed by atoms with Crippen LogP contribution in [0.2, 0.25) is 0 Å². The SMILES string of the molecule is CCCC1(CCC(C)C)CCCCC1. The van der Waals surface area contributed by atoms with Gasteiger partial charge in [0.2, 0.25) is 0 Å². The summed E-state index contributed by atoms with van der Waals surface area (Å²) in [5.74, 6) is 0.894. The van der Waals surface area contributed by atoms with Crippen LogP contribution in [0.4, 0.5) is 0 Å². The minimum Gasteiger partial charge on any atom is -0.0654 e. The van der Waals surface area contributed by atoms with E-state index >= 15 is 0 Å². The molecule has 0 aliphatic heterocycles. The molecular formula is C14H28. The van der Waals surface area contributed by atoms with E-state index in [1.54, 1.807) is 0 Å². The van der Waals surface area contributed by atoms with Gasteiger partial charge < -0.3 is 0 Å². The Labute approximate surface area is 90.5 Å². The smallest absolute Gasteiger partial charge is 0.0297 e. The van der Waals surface area contributed by atoms with Crippen LogP contribution in [0.15, 0.2) is 0 Å². The first-order valence-corrected chi connectivity index (χ1v) is 6.68. The zero-order valence-corrected chi connectivity index (χ0v) is 10.4. The molecule has 0 heterocycles. The van der Waals surface area contributed by atoms with E-state index < -0.39 is 0 Å². The molecule has 1 rings (SSSR count). The van der Waals surface area contributed by atoms with E-state index in [4.69, 9.17) is 0 Å². The Balaban J connectivity index is 2.42. The molecule has 0 saturated heterocycles. The summed E-state index contributed by atoms with van der Waals surface area (Å²) in [4.78, 5) is 0. The van der Waals surface area contributed by atoms with Crippen molar-refractivity contribution in [3.63, 3.8) is 0 Å². The van der Waals surface area contributed by atoms with E-state index in [1.165, 1.54) is 57.8 Å². The van der Waals surface area contributed by atoms with Crippen molar-refractivity contribution in [3.8, 4) is 0 Å². The Morgan fingerprint density at radius 2 is 1.64 bits per heavy atom. The zero-order valence-electron chi connectivity index (χ0n) is 10.4. The molecule has 0 radical (unpaired) electrons. The van der Waals surface area contributed by atoms with Crippen molar-refractivity contribution in [2.24, 2.45) is 11.3 Å². The van der Waals surface area contributed by atoms with Gasteiger partial charge in [0.05, 0.1) is 0 Å². The highest BCUT2D eigenvalue weighted by Gasteiger charge is 2.30. The second kappa shape index (κ2) is 5.78. The van der Waals surface area contributed by atoms with Crippen molar-refractivity contribution >= 4 is 0 Å². The van der Waals surface area contributed by atoms with E-state index in [9.17, 15) is 0 Å².